The number of halogens is 1. The quantitative estimate of drug-likeness (QED) is 0.388. The highest BCUT2D eigenvalue weighted by atomic mass is 35.5. The molecule has 1 unspecified atom stereocenters. The second-order valence-corrected chi connectivity index (χ2v) is 4.13. The van der Waals surface area contributed by atoms with E-state index in [0.29, 0.717) is 6.42 Å². The second kappa shape index (κ2) is 6.71. The lowest BCUT2D eigenvalue weighted by atomic mass is 10.1. The minimum atomic E-state index is -0.648. The standard InChI is InChI=1S/C12H12ClN3O3/c1-3-5-8(4-2)15-12(17)10-6-9(16(18)19)7-14-11(10)13/h2,6-8H,3,5H2,1H3,(H,15,17). The smallest absolute Gasteiger partial charge is 0.288 e. The van der Waals surface area contributed by atoms with Gasteiger partial charge in [0.2, 0.25) is 0 Å². The molecule has 0 radical (unpaired) electrons. The monoisotopic (exact) mass is 281 g/mol. The molecule has 6 nitrogen and oxygen atoms in total. The van der Waals surface area contributed by atoms with Crippen molar-refractivity contribution in [1.29, 1.82) is 0 Å². The maximum absolute atomic E-state index is 11.9. The van der Waals surface area contributed by atoms with Crippen LogP contribution in [0.3, 0.4) is 0 Å². The minimum Gasteiger partial charge on any atom is -0.338 e. The molecule has 0 bridgehead atoms. The number of aromatic nitrogens is 1. The first-order valence-electron chi connectivity index (χ1n) is 5.56. The van der Waals surface area contributed by atoms with Gasteiger partial charge in [-0.1, -0.05) is 30.9 Å². The fraction of sp³-hybridized carbons (Fsp3) is 0.333. The molecule has 1 heterocycles. The van der Waals surface area contributed by atoms with Crippen LogP contribution >= 0.6 is 11.6 Å². The zero-order chi connectivity index (χ0) is 14.4. The van der Waals surface area contributed by atoms with E-state index in [1.165, 1.54) is 0 Å². The van der Waals surface area contributed by atoms with Crippen LogP contribution in [-0.4, -0.2) is 21.9 Å². The number of carbonyl (C=O) groups excluding carboxylic acids is 1. The average Bonchev–Trinajstić information content (AvgIpc) is 2.38. The molecule has 1 aromatic rings. The predicted octanol–water partition coefficient (Wildman–Crippen LogP) is 2.17. The first kappa shape index (κ1) is 14.9. The van der Waals surface area contributed by atoms with Crippen LogP contribution in [0.1, 0.15) is 30.1 Å². The SMILES string of the molecule is C#CC(CCC)NC(=O)c1cc([N+](=O)[O-])cnc1Cl. The van der Waals surface area contributed by atoms with Crippen molar-refractivity contribution < 1.29 is 9.72 Å². The van der Waals surface area contributed by atoms with Crippen LogP contribution < -0.4 is 5.32 Å². The van der Waals surface area contributed by atoms with E-state index >= 15 is 0 Å². The third kappa shape index (κ3) is 3.93. The van der Waals surface area contributed by atoms with Gasteiger partial charge in [-0.2, -0.15) is 0 Å². The molecule has 1 atom stereocenters. The highest BCUT2D eigenvalue weighted by molar-refractivity contribution is 6.32. The number of carbonyl (C=O) groups is 1. The van der Waals surface area contributed by atoms with Crippen LogP contribution in [0.5, 0.6) is 0 Å². The number of hydrogen-bond donors (Lipinski definition) is 1. The number of pyridine rings is 1. The van der Waals surface area contributed by atoms with E-state index in [1.54, 1.807) is 0 Å². The summed E-state index contributed by atoms with van der Waals surface area (Å²) in [4.78, 5) is 25.5. The molecule has 1 amide bonds. The Hall–Kier alpha value is -2.13. The van der Waals surface area contributed by atoms with Crippen molar-refractivity contribution in [3.8, 4) is 12.3 Å². The lowest BCUT2D eigenvalue weighted by Gasteiger charge is -2.12. The van der Waals surface area contributed by atoms with E-state index in [-0.39, 0.29) is 16.4 Å². The van der Waals surface area contributed by atoms with Gasteiger partial charge in [0, 0.05) is 6.07 Å². The third-order valence-corrected chi connectivity index (χ3v) is 2.67. The van der Waals surface area contributed by atoms with Gasteiger partial charge in [-0.25, -0.2) is 4.98 Å². The third-order valence-electron chi connectivity index (χ3n) is 2.36. The molecule has 1 aromatic heterocycles. The normalized spacial score (nSPS) is 11.4. The summed E-state index contributed by atoms with van der Waals surface area (Å²) in [7, 11) is 0. The van der Waals surface area contributed by atoms with Crippen molar-refractivity contribution in [3.63, 3.8) is 0 Å². The zero-order valence-corrected chi connectivity index (χ0v) is 11.0. The molecule has 19 heavy (non-hydrogen) atoms. The number of nitro groups is 1. The summed E-state index contributed by atoms with van der Waals surface area (Å²) in [6.07, 6.45) is 7.68. The van der Waals surface area contributed by atoms with E-state index in [1.807, 2.05) is 6.92 Å². The summed E-state index contributed by atoms with van der Waals surface area (Å²) < 4.78 is 0. The summed E-state index contributed by atoms with van der Waals surface area (Å²) in [5, 5.41) is 13.1. The van der Waals surface area contributed by atoms with Crippen LogP contribution in [0, 0.1) is 22.5 Å². The molecular weight excluding hydrogens is 270 g/mol. The number of nitrogens with zero attached hydrogens (tertiary/aromatic N) is 2. The molecule has 100 valence electrons. The summed E-state index contributed by atoms with van der Waals surface area (Å²) in [6, 6.07) is 0.636. The van der Waals surface area contributed by atoms with Gasteiger partial charge in [0.1, 0.15) is 11.3 Å². The van der Waals surface area contributed by atoms with E-state index in [0.717, 1.165) is 18.7 Å². The molecule has 1 rings (SSSR count). The number of hydrogen-bond acceptors (Lipinski definition) is 4. The number of nitrogens with one attached hydrogen (secondary N) is 1. The molecule has 0 saturated heterocycles. The Kier molecular flexibility index (Phi) is 5.27. The molecule has 1 N–H and O–H groups in total. The Morgan fingerprint density at radius 1 is 1.74 bits per heavy atom. The molecule has 0 aliphatic rings. The van der Waals surface area contributed by atoms with Crippen molar-refractivity contribution >= 4 is 23.2 Å². The topological polar surface area (TPSA) is 85.1 Å². The zero-order valence-electron chi connectivity index (χ0n) is 10.2. The van der Waals surface area contributed by atoms with Gasteiger partial charge in [-0.15, -0.1) is 6.42 Å². The van der Waals surface area contributed by atoms with E-state index in [4.69, 9.17) is 18.0 Å². The molecular formula is C12H12ClN3O3. The van der Waals surface area contributed by atoms with Gasteiger partial charge < -0.3 is 5.32 Å². The van der Waals surface area contributed by atoms with Gasteiger partial charge in [-0.05, 0) is 6.42 Å². The average molecular weight is 282 g/mol. The minimum absolute atomic E-state index is 0.0628. The molecule has 0 saturated carbocycles. The Bertz CT molecular complexity index is 540. The largest absolute Gasteiger partial charge is 0.338 e. The van der Waals surface area contributed by atoms with Crippen molar-refractivity contribution in [1.82, 2.24) is 10.3 Å². The lowest BCUT2D eigenvalue weighted by molar-refractivity contribution is -0.385. The van der Waals surface area contributed by atoms with Crippen LogP contribution in [0.2, 0.25) is 5.15 Å². The first-order chi connectivity index (χ1) is 8.99. The Balaban J connectivity index is 2.96. The van der Waals surface area contributed by atoms with Gasteiger partial charge in [-0.3, -0.25) is 14.9 Å². The van der Waals surface area contributed by atoms with Crippen LogP contribution in [0.4, 0.5) is 5.69 Å². The van der Waals surface area contributed by atoms with Crippen molar-refractivity contribution in [3.05, 3.63) is 33.1 Å². The van der Waals surface area contributed by atoms with Gasteiger partial charge in [0.05, 0.1) is 16.5 Å². The van der Waals surface area contributed by atoms with E-state index in [2.05, 4.69) is 16.2 Å². The van der Waals surface area contributed by atoms with E-state index in [9.17, 15) is 14.9 Å². The molecule has 0 aliphatic heterocycles. The second-order valence-electron chi connectivity index (χ2n) is 3.77. The predicted molar refractivity (Wildman–Crippen MR) is 70.9 cm³/mol. The highest BCUT2D eigenvalue weighted by Gasteiger charge is 2.18. The fourth-order valence-electron chi connectivity index (χ4n) is 1.42. The summed E-state index contributed by atoms with van der Waals surface area (Å²) in [6.45, 7) is 1.93. The van der Waals surface area contributed by atoms with Crippen molar-refractivity contribution in [2.24, 2.45) is 0 Å². The molecule has 0 aromatic carbocycles. The number of amides is 1. The maximum atomic E-state index is 11.9. The van der Waals surface area contributed by atoms with E-state index < -0.39 is 16.9 Å². The summed E-state index contributed by atoms with van der Waals surface area (Å²) in [5.74, 6) is 1.86. The Morgan fingerprint density at radius 3 is 2.95 bits per heavy atom. The Morgan fingerprint density at radius 2 is 2.42 bits per heavy atom. The first-order valence-corrected chi connectivity index (χ1v) is 5.94. The molecule has 7 heteroatoms. The van der Waals surface area contributed by atoms with Crippen molar-refractivity contribution in [2.45, 2.75) is 25.8 Å². The van der Waals surface area contributed by atoms with Crippen LogP contribution in [-0.2, 0) is 0 Å². The van der Waals surface area contributed by atoms with Crippen LogP contribution in [0.15, 0.2) is 12.3 Å². The number of rotatable bonds is 5. The molecule has 0 fully saturated rings. The fourth-order valence-corrected chi connectivity index (χ4v) is 1.61. The Labute approximate surface area is 115 Å². The maximum Gasteiger partial charge on any atom is 0.288 e. The lowest BCUT2D eigenvalue weighted by Crippen LogP contribution is -2.33. The summed E-state index contributed by atoms with van der Waals surface area (Å²) in [5.41, 5.74) is -0.366. The van der Waals surface area contributed by atoms with Crippen LogP contribution in [0.25, 0.3) is 0 Å². The van der Waals surface area contributed by atoms with Crippen molar-refractivity contribution in [2.75, 3.05) is 0 Å². The highest BCUT2D eigenvalue weighted by Crippen LogP contribution is 2.19. The molecule has 0 aliphatic carbocycles. The molecule has 0 spiro atoms. The number of terminal acetylenes is 1. The van der Waals surface area contributed by atoms with Gasteiger partial charge in [0.15, 0.2) is 0 Å². The van der Waals surface area contributed by atoms with Gasteiger partial charge in [0.25, 0.3) is 11.6 Å². The van der Waals surface area contributed by atoms with Gasteiger partial charge >= 0.3 is 0 Å². The summed E-state index contributed by atoms with van der Waals surface area (Å²) >= 11 is 5.75.